The maximum atomic E-state index is 12.9. The highest BCUT2D eigenvalue weighted by Gasteiger charge is 2.51. The van der Waals surface area contributed by atoms with Gasteiger partial charge in [0, 0.05) is 17.9 Å². The summed E-state index contributed by atoms with van der Waals surface area (Å²) in [5.41, 5.74) is 1.37. The van der Waals surface area contributed by atoms with Crippen LogP contribution in [0, 0.1) is 5.41 Å². The molecule has 0 radical (unpaired) electrons. The minimum absolute atomic E-state index is 0.0755. The fraction of sp³-hybridized carbons (Fsp3) is 0.474. The van der Waals surface area contributed by atoms with Crippen molar-refractivity contribution in [2.24, 2.45) is 5.41 Å². The van der Waals surface area contributed by atoms with Crippen LogP contribution in [0.15, 0.2) is 41.1 Å². The van der Waals surface area contributed by atoms with Gasteiger partial charge in [0.15, 0.2) is 0 Å². The first-order chi connectivity index (χ1) is 11.8. The standard InChI is InChI=1S/C19H22N2O3/c22-18(19(9-3-10-19)16-4-1-2-12-23-16)21-15-7-5-14(6-8-15)17-20-11-13-24-17/h5-8,11,13,16H,1-4,9-10,12H2,(H,21,22)/t16-/m0/s1. The first-order valence-electron chi connectivity index (χ1n) is 8.71. The number of hydrogen-bond acceptors (Lipinski definition) is 4. The van der Waals surface area contributed by atoms with Crippen LogP contribution in [0.4, 0.5) is 5.69 Å². The molecule has 2 fully saturated rings. The van der Waals surface area contributed by atoms with Crippen LogP contribution < -0.4 is 5.32 Å². The third-order valence-corrected chi connectivity index (χ3v) is 5.32. The number of aromatic nitrogens is 1. The highest BCUT2D eigenvalue weighted by molar-refractivity contribution is 5.96. The lowest BCUT2D eigenvalue weighted by Gasteiger charge is -2.47. The molecule has 2 heterocycles. The molecule has 1 aromatic carbocycles. The molecule has 2 aromatic rings. The third kappa shape index (κ3) is 2.73. The third-order valence-electron chi connectivity index (χ3n) is 5.32. The van der Waals surface area contributed by atoms with Gasteiger partial charge in [-0.25, -0.2) is 4.98 Å². The molecule has 1 N–H and O–H groups in total. The van der Waals surface area contributed by atoms with Crippen LogP contribution in [0.1, 0.15) is 38.5 Å². The van der Waals surface area contributed by atoms with E-state index in [4.69, 9.17) is 9.15 Å². The zero-order valence-electron chi connectivity index (χ0n) is 13.7. The maximum absolute atomic E-state index is 12.9. The summed E-state index contributed by atoms with van der Waals surface area (Å²) in [6.07, 6.45) is 9.47. The number of carbonyl (C=O) groups excluding carboxylic acids is 1. The molecule has 0 bridgehead atoms. The number of rotatable bonds is 4. The van der Waals surface area contributed by atoms with Crippen molar-refractivity contribution >= 4 is 11.6 Å². The zero-order valence-corrected chi connectivity index (χ0v) is 13.7. The summed E-state index contributed by atoms with van der Waals surface area (Å²) < 4.78 is 11.2. The van der Waals surface area contributed by atoms with Crippen LogP contribution in [-0.2, 0) is 9.53 Å². The summed E-state index contributed by atoms with van der Waals surface area (Å²) >= 11 is 0. The van der Waals surface area contributed by atoms with Gasteiger partial charge in [0.1, 0.15) is 6.26 Å². The molecule has 5 nitrogen and oxygen atoms in total. The Kier molecular flexibility index (Phi) is 4.10. The second-order valence-electron chi connectivity index (χ2n) is 6.73. The summed E-state index contributed by atoms with van der Waals surface area (Å²) in [7, 11) is 0. The van der Waals surface area contributed by atoms with E-state index in [2.05, 4.69) is 10.3 Å². The number of anilines is 1. The fourth-order valence-corrected chi connectivity index (χ4v) is 3.75. The van der Waals surface area contributed by atoms with Crippen LogP contribution in [0.5, 0.6) is 0 Å². The van der Waals surface area contributed by atoms with Crippen LogP contribution in [0.3, 0.4) is 0 Å². The van der Waals surface area contributed by atoms with Crippen molar-refractivity contribution in [3.05, 3.63) is 36.7 Å². The van der Waals surface area contributed by atoms with Gasteiger partial charge in [0.05, 0.1) is 17.7 Å². The Bertz CT molecular complexity index is 684. The number of ether oxygens (including phenoxy) is 1. The molecule has 2 aliphatic rings. The lowest BCUT2D eigenvalue weighted by molar-refractivity contribution is -0.151. The van der Waals surface area contributed by atoms with E-state index in [1.54, 1.807) is 12.5 Å². The summed E-state index contributed by atoms with van der Waals surface area (Å²) in [5.74, 6) is 0.684. The molecule has 1 saturated carbocycles. The van der Waals surface area contributed by atoms with E-state index in [1.165, 1.54) is 0 Å². The lowest BCUT2D eigenvalue weighted by Crippen LogP contribution is -2.52. The van der Waals surface area contributed by atoms with Crippen LogP contribution in [-0.4, -0.2) is 23.6 Å². The van der Waals surface area contributed by atoms with Crippen LogP contribution in [0.2, 0.25) is 0 Å². The number of benzene rings is 1. The second kappa shape index (κ2) is 6.40. The first-order valence-corrected chi connectivity index (χ1v) is 8.71. The Balaban J connectivity index is 1.47. The number of nitrogens with zero attached hydrogens (tertiary/aromatic N) is 1. The molecule has 1 aromatic heterocycles. The van der Waals surface area contributed by atoms with Gasteiger partial charge >= 0.3 is 0 Å². The Morgan fingerprint density at radius 3 is 2.58 bits per heavy atom. The van der Waals surface area contributed by atoms with E-state index in [9.17, 15) is 4.79 Å². The first kappa shape index (κ1) is 15.4. The number of amides is 1. The van der Waals surface area contributed by atoms with Crippen molar-refractivity contribution < 1.29 is 13.9 Å². The largest absolute Gasteiger partial charge is 0.445 e. The molecule has 5 heteroatoms. The molecule has 1 aliphatic carbocycles. The fourth-order valence-electron chi connectivity index (χ4n) is 3.75. The summed E-state index contributed by atoms with van der Waals surface area (Å²) in [4.78, 5) is 17.0. The van der Waals surface area contributed by atoms with Crippen LogP contribution in [0.25, 0.3) is 11.5 Å². The summed E-state index contributed by atoms with van der Waals surface area (Å²) in [5, 5.41) is 3.08. The molecule has 0 spiro atoms. The number of oxazole rings is 1. The molecule has 0 unspecified atom stereocenters. The molecule has 1 atom stereocenters. The molecule has 1 saturated heterocycles. The number of nitrogens with one attached hydrogen (secondary N) is 1. The van der Waals surface area contributed by atoms with Crippen molar-refractivity contribution in [3.8, 4) is 11.5 Å². The minimum Gasteiger partial charge on any atom is -0.445 e. The van der Waals surface area contributed by atoms with E-state index in [-0.39, 0.29) is 17.4 Å². The quantitative estimate of drug-likeness (QED) is 0.921. The lowest BCUT2D eigenvalue weighted by atomic mass is 9.63. The van der Waals surface area contributed by atoms with E-state index >= 15 is 0 Å². The number of carbonyl (C=O) groups is 1. The van der Waals surface area contributed by atoms with Crippen molar-refractivity contribution in [1.29, 1.82) is 0 Å². The van der Waals surface area contributed by atoms with Crippen molar-refractivity contribution in [3.63, 3.8) is 0 Å². The van der Waals surface area contributed by atoms with Gasteiger partial charge in [0.25, 0.3) is 0 Å². The van der Waals surface area contributed by atoms with Crippen molar-refractivity contribution in [2.45, 2.75) is 44.6 Å². The second-order valence-corrected chi connectivity index (χ2v) is 6.73. The Hall–Kier alpha value is -2.14. The van der Waals surface area contributed by atoms with Gasteiger partial charge in [-0.2, -0.15) is 0 Å². The van der Waals surface area contributed by atoms with Gasteiger partial charge in [-0.05, 0) is 56.4 Å². The van der Waals surface area contributed by atoms with Gasteiger partial charge < -0.3 is 14.5 Å². The van der Waals surface area contributed by atoms with Crippen molar-refractivity contribution in [2.75, 3.05) is 11.9 Å². The topological polar surface area (TPSA) is 64.4 Å². The van der Waals surface area contributed by atoms with Crippen LogP contribution >= 0.6 is 0 Å². The Labute approximate surface area is 141 Å². The maximum Gasteiger partial charge on any atom is 0.233 e. The highest BCUT2D eigenvalue weighted by Crippen LogP contribution is 2.48. The molecular weight excluding hydrogens is 304 g/mol. The molecule has 126 valence electrons. The van der Waals surface area contributed by atoms with E-state index in [0.717, 1.165) is 56.4 Å². The summed E-state index contributed by atoms with van der Waals surface area (Å²) in [6, 6.07) is 7.61. The molecule has 4 rings (SSSR count). The predicted molar refractivity (Wildman–Crippen MR) is 90.4 cm³/mol. The highest BCUT2D eigenvalue weighted by atomic mass is 16.5. The van der Waals surface area contributed by atoms with E-state index < -0.39 is 0 Å². The average Bonchev–Trinajstić information content (AvgIpc) is 3.10. The van der Waals surface area contributed by atoms with E-state index in [1.807, 2.05) is 24.3 Å². The SMILES string of the molecule is O=C(Nc1ccc(-c2ncco2)cc1)C1([C@@H]2CCCCO2)CCC1. The molecule has 1 aliphatic heterocycles. The average molecular weight is 326 g/mol. The molecule has 1 amide bonds. The zero-order chi connectivity index (χ0) is 16.4. The predicted octanol–water partition coefficient (Wildman–Crippen LogP) is 4.02. The van der Waals surface area contributed by atoms with Gasteiger partial charge in [-0.3, -0.25) is 4.79 Å². The monoisotopic (exact) mass is 326 g/mol. The minimum atomic E-state index is -0.332. The molecular formula is C19H22N2O3. The normalized spacial score (nSPS) is 22.6. The smallest absolute Gasteiger partial charge is 0.233 e. The number of hydrogen-bond donors (Lipinski definition) is 1. The Morgan fingerprint density at radius 1 is 1.17 bits per heavy atom. The van der Waals surface area contributed by atoms with Gasteiger partial charge in [-0.15, -0.1) is 0 Å². The van der Waals surface area contributed by atoms with E-state index in [0.29, 0.717) is 5.89 Å². The van der Waals surface area contributed by atoms with Gasteiger partial charge in [0.2, 0.25) is 11.8 Å². The Morgan fingerprint density at radius 2 is 2.00 bits per heavy atom. The summed E-state index contributed by atoms with van der Waals surface area (Å²) in [6.45, 7) is 0.782. The molecule has 24 heavy (non-hydrogen) atoms. The van der Waals surface area contributed by atoms with Gasteiger partial charge in [-0.1, -0.05) is 6.42 Å². The van der Waals surface area contributed by atoms with Crippen molar-refractivity contribution in [1.82, 2.24) is 4.98 Å².